The predicted molar refractivity (Wildman–Crippen MR) is 145 cm³/mol. The van der Waals surface area contributed by atoms with E-state index in [1.165, 1.54) is 27.7 Å². The van der Waals surface area contributed by atoms with Gasteiger partial charge in [-0.2, -0.15) is 0 Å². The van der Waals surface area contributed by atoms with Crippen LogP contribution < -0.4 is 0 Å². The lowest BCUT2D eigenvalue weighted by molar-refractivity contribution is -0.140. The Labute approximate surface area is 216 Å². The van der Waals surface area contributed by atoms with Gasteiger partial charge in [0, 0.05) is 42.7 Å². The Bertz CT molecular complexity index is 1090. The van der Waals surface area contributed by atoms with Gasteiger partial charge in [0.1, 0.15) is 5.60 Å². The Morgan fingerprint density at radius 3 is 2.50 bits per heavy atom. The van der Waals surface area contributed by atoms with Crippen molar-refractivity contribution in [2.75, 3.05) is 20.1 Å². The fraction of sp³-hybridized carbons (Fsp3) is 0.667. The molecule has 2 heterocycles. The lowest BCUT2D eigenvalue weighted by atomic mass is 9.80. The third-order valence-corrected chi connectivity index (χ3v) is 7.89. The van der Waals surface area contributed by atoms with Crippen molar-refractivity contribution in [1.29, 1.82) is 0 Å². The molecule has 0 bridgehead atoms. The number of carbonyl (C=O) groups excluding carboxylic acids is 2. The number of aryl methyl sites for hydroxylation is 1. The smallest absolute Gasteiger partial charge is 0.410 e. The van der Waals surface area contributed by atoms with Crippen LogP contribution in [0.25, 0.3) is 10.9 Å². The Kier molecular flexibility index (Phi) is 7.72. The minimum atomic E-state index is -0.486. The Balaban J connectivity index is 1.43. The molecule has 2 aromatic rings. The Morgan fingerprint density at radius 2 is 1.86 bits per heavy atom. The lowest BCUT2D eigenvalue weighted by Crippen LogP contribution is -2.45. The van der Waals surface area contributed by atoms with Gasteiger partial charge >= 0.3 is 6.09 Å². The Hall–Kier alpha value is -2.50. The highest BCUT2D eigenvalue weighted by Crippen LogP contribution is 2.41. The van der Waals surface area contributed by atoms with Crippen molar-refractivity contribution in [1.82, 2.24) is 14.8 Å². The second-order valence-corrected chi connectivity index (χ2v) is 12.5. The highest BCUT2D eigenvalue weighted by Gasteiger charge is 2.38. The normalized spacial score (nSPS) is 22.6. The number of amides is 2. The third-order valence-electron chi connectivity index (χ3n) is 7.89. The largest absolute Gasteiger partial charge is 0.444 e. The zero-order valence-electron chi connectivity index (χ0n) is 23.3. The summed E-state index contributed by atoms with van der Waals surface area (Å²) in [5.41, 5.74) is 4.67. The van der Waals surface area contributed by atoms with E-state index in [0.29, 0.717) is 24.3 Å². The zero-order chi connectivity index (χ0) is 26.2. The van der Waals surface area contributed by atoms with Crippen molar-refractivity contribution < 1.29 is 14.3 Å². The van der Waals surface area contributed by atoms with Gasteiger partial charge in [-0.25, -0.2) is 4.79 Å². The molecule has 1 atom stereocenters. The molecule has 1 aromatic heterocycles. The number of fused-ring (bicyclic) bond motifs is 3. The molecule has 1 aliphatic carbocycles. The number of hydrogen-bond donors (Lipinski definition) is 1. The van der Waals surface area contributed by atoms with E-state index in [4.69, 9.17) is 4.74 Å². The van der Waals surface area contributed by atoms with Crippen molar-refractivity contribution in [3.63, 3.8) is 0 Å². The van der Waals surface area contributed by atoms with Crippen LogP contribution in [0.4, 0.5) is 4.79 Å². The predicted octanol–water partition coefficient (Wildman–Crippen LogP) is 6.62. The molecule has 1 aliphatic heterocycles. The standard InChI is InChI=1S/C30H45N3O3/c1-19(2)17-25-27-23(26-20(3)9-8-10-24(26)31-27)15-16-33(25)28(34)22-13-11-21(12-14-22)18-32(7)29(35)36-30(4,5)6/h8-10,19,21-22,25,31H,11-18H2,1-7H3. The maximum atomic E-state index is 13.9. The summed E-state index contributed by atoms with van der Waals surface area (Å²) >= 11 is 0. The molecule has 2 amide bonds. The second-order valence-electron chi connectivity index (χ2n) is 12.5. The van der Waals surface area contributed by atoms with Crippen molar-refractivity contribution in [2.24, 2.45) is 17.8 Å². The maximum Gasteiger partial charge on any atom is 0.410 e. The molecule has 1 aromatic carbocycles. The summed E-state index contributed by atoms with van der Waals surface area (Å²) in [5.74, 6) is 1.32. The topological polar surface area (TPSA) is 65.6 Å². The first-order valence-electron chi connectivity index (χ1n) is 13.8. The number of nitrogens with zero attached hydrogens (tertiary/aromatic N) is 2. The quantitative estimate of drug-likeness (QED) is 0.507. The molecule has 0 saturated heterocycles. The summed E-state index contributed by atoms with van der Waals surface area (Å²) in [6.07, 6.45) is 5.36. The van der Waals surface area contributed by atoms with Crippen molar-refractivity contribution in [2.45, 2.75) is 91.7 Å². The highest BCUT2D eigenvalue weighted by atomic mass is 16.6. The van der Waals surface area contributed by atoms with Crippen molar-refractivity contribution in [3.05, 3.63) is 35.0 Å². The first kappa shape index (κ1) is 26.6. The number of nitrogens with one attached hydrogen (secondary N) is 1. The van der Waals surface area contributed by atoms with E-state index >= 15 is 0 Å². The molecule has 0 spiro atoms. The van der Waals surface area contributed by atoms with Gasteiger partial charge in [-0.05, 0) is 95.2 Å². The number of ether oxygens (including phenoxy) is 1. The molecule has 6 nitrogen and oxygen atoms in total. The van der Waals surface area contributed by atoms with E-state index in [2.05, 4.69) is 48.9 Å². The van der Waals surface area contributed by atoms with Crippen molar-refractivity contribution in [3.8, 4) is 0 Å². The molecule has 1 N–H and O–H groups in total. The van der Waals surface area contributed by atoms with Gasteiger partial charge in [-0.1, -0.05) is 26.0 Å². The van der Waals surface area contributed by atoms with Crippen LogP contribution in [0.15, 0.2) is 18.2 Å². The SMILES string of the molecule is Cc1cccc2[nH]c3c(c12)CCN(C(=O)C1CCC(CN(C)C(=O)OC(C)(C)C)CC1)C3CC(C)C. The third kappa shape index (κ3) is 5.73. The van der Waals surface area contributed by atoms with E-state index < -0.39 is 5.60 Å². The van der Waals surface area contributed by atoms with Crippen LogP contribution in [0.2, 0.25) is 0 Å². The lowest BCUT2D eigenvalue weighted by Gasteiger charge is -2.40. The average Bonchev–Trinajstić information content (AvgIpc) is 3.18. The molecular formula is C30H45N3O3. The fourth-order valence-corrected chi connectivity index (χ4v) is 6.20. The van der Waals surface area contributed by atoms with Gasteiger partial charge in [0.2, 0.25) is 5.91 Å². The molecule has 1 saturated carbocycles. The molecule has 4 rings (SSSR count). The number of hydrogen-bond acceptors (Lipinski definition) is 3. The summed E-state index contributed by atoms with van der Waals surface area (Å²) in [7, 11) is 1.81. The minimum absolute atomic E-state index is 0.0791. The molecule has 6 heteroatoms. The van der Waals surface area contributed by atoms with Gasteiger partial charge < -0.3 is 19.5 Å². The molecule has 2 aliphatic rings. The minimum Gasteiger partial charge on any atom is -0.444 e. The molecule has 1 unspecified atom stereocenters. The van der Waals surface area contributed by atoms with E-state index in [9.17, 15) is 9.59 Å². The van der Waals surface area contributed by atoms with Crippen LogP contribution in [0, 0.1) is 24.7 Å². The van der Waals surface area contributed by atoms with Crippen LogP contribution in [0.1, 0.15) is 89.6 Å². The number of aromatic nitrogens is 1. The first-order valence-corrected chi connectivity index (χ1v) is 13.8. The number of benzene rings is 1. The van der Waals surface area contributed by atoms with Gasteiger partial charge in [0.05, 0.1) is 6.04 Å². The molecule has 198 valence electrons. The molecular weight excluding hydrogens is 450 g/mol. The highest BCUT2D eigenvalue weighted by molar-refractivity contribution is 5.89. The molecule has 36 heavy (non-hydrogen) atoms. The summed E-state index contributed by atoms with van der Waals surface area (Å²) < 4.78 is 5.50. The van der Waals surface area contributed by atoms with Crippen LogP contribution in [-0.2, 0) is 16.0 Å². The van der Waals surface area contributed by atoms with E-state index in [0.717, 1.165) is 45.1 Å². The number of carbonyl (C=O) groups is 2. The number of H-pyrrole nitrogens is 1. The first-order chi connectivity index (χ1) is 16.9. The molecule has 1 fully saturated rings. The molecule has 0 radical (unpaired) electrons. The van der Waals surface area contributed by atoms with Gasteiger partial charge in [0.15, 0.2) is 0 Å². The summed E-state index contributed by atoms with van der Waals surface area (Å²) in [6.45, 7) is 13.8. The van der Waals surface area contributed by atoms with Gasteiger partial charge in [0.25, 0.3) is 0 Å². The van der Waals surface area contributed by atoms with E-state index in [-0.39, 0.29) is 18.1 Å². The average molecular weight is 496 g/mol. The zero-order valence-corrected chi connectivity index (χ0v) is 23.3. The van der Waals surface area contributed by atoms with Gasteiger partial charge in [-0.15, -0.1) is 0 Å². The van der Waals surface area contributed by atoms with E-state index in [1.807, 2.05) is 27.8 Å². The summed E-state index contributed by atoms with van der Waals surface area (Å²) in [6, 6.07) is 6.57. The fourth-order valence-electron chi connectivity index (χ4n) is 6.20. The monoisotopic (exact) mass is 495 g/mol. The van der Waals surface area contributed by atoms with E-state index in [1.54, 1.807) is 4.90 Å². The summed E-state index contributed by atoms with van der Waals surface area (Å²) in [4.78, 5) is 33.8. The number of rotatable bonds is 5. The van der Waals surface area contributed by atoms with Crippen molar-refractivity contribution >= 4 is 22.9 Å². The summed E-state index contributed by atoms with van der Waals surface area (Å²) in [5, 5.41) is 1.35. The van der Waals surface area contributed by atoms with Crippen LogP contribution >= 0.6 is 0 Å². The van der Waals surface area contributed by atoms with Gasteiger partial charge in [-0.3, -0.25) is 4.79 Å². The second kappa shape index (κ2) is 10.5. The van der Waals surface area contributed by atoms with Crippen LogP contribution in [0.5, 0.6) is 0 Å². The maximum absolute atomic E-state index is 13.9. The van der Waals surface area contributed by atoms with Crippen LogP contribution in [0.3, 0.4) is 0 Å². The van der Waals surface area contributed by atoms with Crippen LogP contribution in [-0.4, -0.2) is 52.5 Å². The number of aromatic amines is 1. The Morgan fingerprint density at radius 1 is 1.17 bits per heavy atom.